The van der Waals surface area contributed by atoms with E-state index in [4.69, 9.17) is 4.74 Å². The van der Waals surface area contributed by atoms with Crippen molar-refractivity contribution in [2.45, 2.75) is 19.0 Å². The second kappa shape index (κ2) is 4.96. The lowest BCUT2D eigenvalue weighted by Crippen LogP contribution is -2.37. The number of methoxy groups -OCH3 is 1. The van der Waals surface area contributed by atoms with Crippen molar-refractivity contribution in [3.63, 3.8) is 0 Å². The zero-order chi connectivity index (χ0) is 14.0. The molecule has 0 aliphatic heterocycles. The van der Waals surface area contributed by atoms with Gasteiger partial charge in [0, 0.05) is 5.57 Å². The van der Waals surface area contributed by atoms with Gasteiger partial charge in [-0.05, 0) is 24.6 Å². The van der Waals surface area contributed by atoms with Gasteiger partial charge in [-0.15, -0.1) is 0 Å². The molecule has 6 heteroatoms. The minimum atomic E-state index is -5.62. The van der Waals surface area contributed by atoms with Crippen LogP contribution in [0.1, 0.15) is 12.5 Å². The Labute approximate surface area is 101 Å². The van der Waals surface area contributed by atoms with E-state index in [2.05, 4.69) is 0 Å². The Bertz CT molecular complexity index is 431. The Morgan fingerprint density at radius 2 is 1.56 bits per heavy atom. The van der Waals surface area contributed by atoms with Gasteiger partial charge in [0.05, 0.1) is 7.11 Å². The molecule has 18 heavy (non-hydrogen) atoms. The number of hydrogen-bond acceptors (Lipinski definition) is 1. The van der Waals surface area contributed by atoms with Crippen molar-refractivity contribution in [2.24, 2.45) is 0 Å². The van der Waals surface area contributed by atoms with Crippen molar-refractivity contribution in [1.29, 1.82) is 0 Å². The molecule has 0 N–H and O–H groups in total. The van der Waals surface area contributed by atoms with Crippen LogP contribution in [0.4, 0.5) is 22.0 Å². The van der Waals surface area contributed by atoms with E-state index in [9.17, 15) is 22.0 Å². The van der Waals surface area contributed by atoms with Crippen LogP contribution in [0.2, 0.25) is 0 Å². The maximum atomic E-state index is 13.2. The van der Waals surface area contributed by atoms with Crippen LogP contribution in [0, 0.1) is 0 Å². The van der Waals surface area contributed by atoms with E-state index in [1.54, 1.807) is 0 Å². The molecular weight excluding hydrogens is 255 g/mol. The van der Waals surface area contributed by atoms with Gasteiger partial charge in [-0.2, -0.15) is 22.0 Å². The van der Waals surface area contributed by atoms with Crippen LogP contribution >= 0.6 is 0 Å². The number of benzene rings is 1. The molecule has 0 aliphatic rings. The first-order chi connectivity index (χ1) is 8.24. The van der Waals surface area contributed by atoms with Crippen molar-refractivity contribution >= 4 is 5.57 Å². The van der Waals surface area contributed by atoms with Crippen LogP contribution in [-0.4, -0.2) is 19.2 Å². The molecule has 0 unspecified atom stereocenters. The molecule has 0 aliphatic carbocycles. The van der Waals surface area contributed by atoms with E-state index < -0.39 is 17.7 Å². The zero-order valence-corrected chi connectivity index (χ0v) is 9.68. The Balaban J connectivity index is 3.19. The minimum absolute atomic E-state index is 0.194. The van der Waals surface area contributed by atoms with Crippen LogP contribution < -0.4 is 4.74 Å². The molecule has 0 heterocycles. The summed E-state index contributed by atoms with van der Waals surface area (Å²) < 4.78 is 68.1. The highest BCUT2D eigenvalue weighted by molar-refractivity contribution is 5.71. The van der Waals surface area contributed by atoms with Gasteiger partial charge < -0.3 is 4.74 Å². The van der Waals surface area contributed by atoms with Crippen LogP contribution in [0.25, 0.3) is 5.57 Å². The molecule has 0 atom stereocenters. The summed E-state index contributed by atoms with van der Waals surface area (Å²) in [6.45, 7) is 1.14. The maximum Gasteiger partial charge on any atom is 0.458 e. The van der Waals surface area contributed by atoms with Crippen LogP contribution in [-0.2, 0) is 0 Å². The van der Waals surface area contributed by atoms with E-state index >= 15 is 0 Å². The normalized spacial score (nSPS) is 13.6. The van der Waals surface area contributed by atoms with Crippen molar-refractivity contribution < 1.29 is 26.7 Å². The fourth-order valence-electron chi connectivity index (χ4n) is 1.45. The summed E-state index contributed by atoms with van der Waals surface area (Å²) in [5, 5.41) is 0. The van der Waals surface area contributed by atoms with Gasteiger partial charge >= 0.3 is 12.1 Å². The maximum absolute atomic E-state index is 13.2. The standard InChI is InChI=1S/C12H11F5O/c1-3-10(11(13,14)12(15,16)17)8-4-6-9(18-2)7-5-8/h3-7H,1-2H3/b10-3+. The van der Waals surface area contributed by atoms with E-state index in [-0.39, 0.29) is 5.56 Å². The van der Waals surface area contributed by atoms with Gasteiger partial charge in [0.2, 0.25) is 0 Å². The van der Waals surface area contributed by atoms with Crippen molar-refractivity contribution in [2.75, 3.05) is 7.11 Å². The molecule has 0 saturated carbocycles. The van der Waals surface area contributed by atoms with Crippen LogP contribution in [0.5, 0.6) is 5.75 Å². The summed E-state index contributed by atoms with van der Waals surface area (Å²) in [5.74, 6) is -4.50. The molecule has 1 aromatic carbocycles. The predicted molar refractivity (Wildman–Crippen MR) is 57.6 cm³/mol. The van der Waals surface area contributed by atoms with Crippen molar-refractivity contribution in [3.05, 3.63) is 35.9 Å². The van der Waals surface area contributed by atoms with Crippen LogP contribution in [0.3, 0.4) is 0 Å². The fraction of sp³-hybridized carbons (Fsp3) is 0.333. The summed E-state index contributed by atoms with van der Waals surface area (Å²) >= 11 is 0. The summed E-state index contributed by atoms with van der Waals surface area (Å²) in [7, 11) is 1.37. The van der Waals surface area contributed by atoms with Gasteiger partial charge in [-0.25, -0.2) is 0 Å². The summed E-state index contributed by atoms with van der Waals surface area (Å²) in [6.07, 6.45) is -4.86. The quantitative estimate of drug-likeness (QED) is 0.741. The zero-order valence-electron chi connectivity index (χ0n) is 9.68. The number of rotatable bonds is 3. The molecular formula is C12H11F5O. The number of hydrogen-bond donors (Lipinski definition) is 0. The molecule has 1 rings (SSSR count). The number of ether oxygens (including phenoxy) is 1. The molecule has 0 spiro atoms. The van der Waals surface area contributed by atoms with Crippen molar-refractivity contribution in [3.8, 4) is 5.75 Å². The molecule has 1 aromatic rings. The highest BCUT2D eigenvalue weighted by atomic mass is 19.4. The lowest BCUT2D eigenvalue weighted by molar-refractivity contribution is -0.254. The van der Waals surface area contributed by atoms with Crippen LogP contribution in [0.15, 0.2) is 30.3 Å². The summed E-state index contributed by atoms with van der Waals surface area (Å²) in [6, 6.07) is 4.97. The number of allylic oxidation sites excluding steroid dienone is 2. The van der Waals surface area contributed by atoms with E-state index in [0.717, 1.165) is 25.1 Å². The molecule has 0 amide bonds. The third-order valence-electron chi connectivity index (χ3n) is 2.38. The Hall–Kier alpha value is -1.59. The molecule has 0 fully saturated rings. The summed E-state index contributed by atoms with van der Waals surface area (Å²) in [5.41, 5.74) is -1.27. The number of alkyl halides is 5. The van der Waals surface area contributed by atoms with Gasteiger partial charge in [-0.1, -0.05) is 18.2 Å². The Kier molecular flexibility index (Phi) is 3.98. The highest BCUT2D eigenvalue weighted by Crippen LogP contribution is 2.45. The van der Waals surface area contributed by atoms with Crippen molar-refractivity contribution in [1.82, 2.24) is 0 Å². The highest BCUT2D eigenvalue weighted by Gasteiger charge is 2.59. The number of halogens is 5. The molecule has 0 radical (unpaired) electrons. The molecule has 0 bridgehead atoms. The average molecular weight is 266 g/mol. The first-order valence-electron chi connectivity index (χ1n) is 4.99. The molecule has 0 aromatic heterocycles. The largest absolute Gasteiger partial charge is 0.497 e. The lowest BCUT2D eigenvalue weighted by atomic mass is 9.99. The Morgan fingerprint density at radius 3 is 1.89 bits per heavy atom. The monoisotopic (exact) mass is 266 g/mol. The van der Waals surface area contributed by atoms with Gasteiger partial charge in [0.25, 0.3) is 0 Å². The fourth-order valence-corrected chi connectivity index (χ4v) is 1.45. The van der Waals surface area contributed by atoms with E-state index in [0.29, 0.717) is 5.75 Å². The molecule has 1 nitrogen and oxygen atoms in total. The van der Waals surface area contributed by atoms with Gasteiger partial charge in [0.1, 0.15) is 5.75 Å². The second-order valence-corrected chi connectivity index (χ2v) is 3.50. The SMILES string of the molecule is C/C=C(\c1ccc(OC)cc1)C(F)(F)C(F)(F)F. The molecule has 0 saturated heterocycles. The lowest BCUT2D eigenvalue weighted by Gasteiger charge is -2.22. The first-order valence-corrected chi connectivity index (χ1v) is 4.99. The topological polar surface area (TPSA) is 9.23 Å². The van der Waals surface area contributed by atoms with E-state index in [1.165, 1.54) is 19.2 Å². The first kappa shape index (κ1) is 14.5. The minimum Gasteiger partial charge on any atom is -0.497 e. The molecule has 100 valence electrons. The van der Waals surface area contributed by atoms with Gasteiger partial charge in [0.15, 0.2) is 0 Å². The third-order valence-corrected chi connectivity index (χ3v) is 2.38. The van der Waals surface area contributed by atoms with Gasteiger partial charge in [-0.3, -0.25) is 0 Å². The average Bonchev–Trinajstić information content (AvgIpc) is 2.29. The predicted octanol–water partition coefficient (Wildman–Crippen LogP) is 4.30. The van der Waals surface area contributed by atoms with E-state index in [1.807, 2.05) is 0 Å². The second-order valence-electron chi connectivity index (χ2n) is 3.50. The Morgan fingerprint density at radius 1 is 1.06 bits per heavy atom. The summed E-state index contributed by atoms with van der Waals surface area (Å²) in [4.78, 5) is 0. The smallest absolute Gasteiger partial charge is 0.458 e. The third kappa shape index (κ3) is 2.63.